The van der Waals surface area contributed by atoms with Gasteiger partial charge in [-0.25, -0.2) is 5.01 Å². The number of ether oxygens (including phenoxy) is 1. The second-order valence-electron chi connectivity index (χ2n) is 3.25. The number of halogens is 3. The van der Waals surface area contributed by atoms with E-state index in [-0.39, 0.29) is 13.2 Å². The number of hydrogen-bond acceptors (Lipinski definition) is 3. The molecule has 1 heterocycles. The van der Waals surface area contributed by atoms with Crippen LogP contribution in [0.1, 0.15) is 19.3 Å². The highest BCUT2D eigenvalue weighted by Gasteiger charge is 2.28. The van der Waals surface area contributed by atoms with Gasteiger partial charge in [-0.05, 0) is 12.8 Å². The quantitative estimate of drug-likeness (QED) is 0.715. The zero-order chi connectivity index (χ0) is 10.4. The molecule has 0 aromatic rings. The Labute approximate surface area is 81.2 Å². The third-order valence-corrected chi connectivity index (χ3v) is 2.06. The van der Waals surface area contributed by atoms with E-state index in [1.54, 1.807) is 0 Å². The van der Waals surface area contributed by atoms with Crippen molar-refractivity contribution in [1.82, 2.24) is 10.4 Å². The van der Waals surface area contributed by atoms with Crippen molar-refractivity contribution in [3.8, 4) is 0 Å². The molecule has 0 atom stereocenters. The summed E-state index contributed by atoms with van der Waals surface area (Å²) in [6.07, 6.45) is -1.10. The van der Waals surface area contributed by atoms with E-state index in [2.05, 4.69) is 10.2 Å². The van der Waals surface area contributed by atoms with E-state index in [4.69, 9.17) is 0 Å². The highest BCUT2D eigenvalue weighted by Crippen LogP contribution is 2.15. The topological polar surface area (TPSA) is 24.5 Å². The molecule has 14 heavy (non-hydrogen) atoms. The van der Waals surface area contributed by atoms with Crippen molar-refractivity contribution in [3.05, 3.63) is 0 Å². The van der Waals surface area contributed by atoms with Gasteiger partial charge in [0.1, 0.15) is 0 Å². The lowest BCUT2D eigenvalue weighted by Crippen LogP contribution is -2.43. The molecule has 0 aliphatic carbocycles. The first-order chi connectivity index (χ1) is 6.58. The van der Waals surface area contributed by atoms with Crippen LogP contribution in [-0.2, 0) is 4.74 Å². The van der Waals surface area contributed by atoms with Gasteiger partial charge >= 0.3 is 6.36 Å². The number of rotatable bonds is 4. The predicted molar refractivity (Wildman–Crippen MR) is 45.4 cm³/mol. The normalized spacial score (nSPS) is 19.9. The van der Waals surface area contributed by atoms with Crippen molar-refractivity contribution in [1.29, 1.82) is 0 Å². The fourth-order valence-electron chi connectivity index (χ4n) is 1.42. The summed E-state index contributed by atoms with van der Waals surface area (Å²) in [4.78, 5) is 0. The standard InChI is InChI=1S/C8H15F3N2O/c9-8(10,11)14-7-4-12-13-5-2-1-3-6-13/h12H,1-7H2. The lowest BCUT2D eigenvalue weighted by molar-refractivity contribution is -0.324. The predicted octanol–water partition coefficient (Wildman–Crippen LogP) is 1.51. The maximum Gasteiger partial charge on any atom is 0.522 e. The Morgan fingerprint density at radius 3 is 2.36 bits per heavy atom. The zero-order valence-electron chi connectivity index (χ0n) is 7.94. The van der Waals surface area contributed by atoms with Gasteiger partial charge in [0, 0.05) is 19.6 Å². The van der Waals surface area contributed by atoms with Crippen LogP contribution in [0.3, 0.4) is 0 Å². The molecule has 0 aromatic carbocycles. The Bertz CT molecular complexity index is 157. The fourth-order valence-corrected chi connectivity index (χ4v) is 1.42. The van der Waals surface area contributed by atoms with E-state index in [9.17, 15) is 13.2 Å². The lowest BCUT2D eigenvalue weighted by atomic mass is 10.2. The fraction of sp³-hybridized carbons (Fsp3) is 1.00. The number of piperidine rings is 1. The maximum absolute atomic E-state index is 11.6. The van der Waals surface area contributed by atoms with E-state index >= 15 is 0 Å². The minimum Gasteiger partial charge on any atom is -0.291 e. The average molecular weight is 212 g/mol. The summed E-state index contributed by atoms with van der Waals surface area (Å²) in [5, 5.41) is 1.95. The second-order valence-corrected chi connectivity index (χ2v) is 3.25. The van der Waals surface area contributed by atoms with Gasteiger partial charge in [-0.3, -0.25) is 10.2 Å². The number of hydrogen-bond donors (Lipinski definition) is 1. The first-order valence-corrected chi connectivity index (χ1v) is 4.77. The smallest absolute Gasteiger partial charge is 0.291 e. The highest BCUT2D eigenvalue weighted by atomic mass is 19.4. The molecule has 0 spiro atoms. The van der Waals surface area contributed by atoms with Gasteiger partial charge in [-0.15, -0.1) is 13.2 Å². The maximum atomic E-state index is 11.6. The molecule has 0 unspecified atom stereocenters. The van der Waals surface area contributed by atoms with Gasteiger partial charge in [0.05, 0.1) is 6.61 Å². The lowest BCUT2D eigenvalue weighted by Gasteiger charge is -2.27. The van der Waals surface area contributed by atoms with Crippen molar-refractivity contribution < 1.29 is 17.9 Å². The van der Waals surface area contributed by atoms with Gasteiger partial charge in [0.15, 0.2) is 0 Å². The molecule has 1 fully saturated rings. The first-order valence-electron chi connectivity index (χ1n) is 4.77. The van der Waals surface area contributed by atoms with Crippen molar-refractivity contribution >= 4 is 0 Å². The van der Waals surface area contributed by atoms with Gasteiger partial charge in [-0.1, -0.05) is 6.42 Å². The molecular formula is C8H15F3N2O. The van der Waals surface area contributed by atoms with E-state index < -0.39 is 6.36 Å². The SMILES string of the molecule is FC(F)(F)OCCNN1CCCCC1. The Kier molecular flexibility index (Phi) is 4.64. The minimum absolute atomic E-state index is 0.208. The largest absolute Gasteiger partial charge is 0.522 e. The van der Waals surface area contributed by atoms with E-state index in [1.165, 1.54) is 6.42 Å². The van der Waals surface area contributed by atoms with Crippen LogP contribution in [0.2, 0.25) is 0 Å². The number of nitrogens with zero attached hydrogens (tertiary/aromatic N) is 1. The third kappa shape index (κ3) is 5.41. The summed E-state index contributed by atoms with van der Waals surface area (Å²) in [7, 11) is 0. The second kappa shape index (κ2) is 5.53. The number of hydrazine groups is 1. The van der Waals surface area contributed by atoms with Gasteiger partial charge in [-0.2, -0.15) is 0 Å². The summed E-state index contributed by atoms with van der Waals surface area (Å²) in [6, 6.07) is 0. The van der Waals surface area contributed by atoms with Crippen molar-refractivity contribution in [3.63, 3.8) is 0 Å². The first kappa shape index (κ1) is 11.7. The Hall–Kier alpha value is -0.330. The van der Waals surface area contributed by atoms with Crippen LogP contribution < -0.4 is 5.43 Å². The van der Waals surface area contributed by atoms with Crippen LogP contribution in [0.4, 0.5) is 13.2 Å². The molecule has 84 valence electrons. The summed E-state index contributed by atoms with van der Waals surface area (Å²) in [6.45, 7) is 1.69. The zero-order valence-corrected chi connectivity index (χ0v) is 7.94. The van der Waals surface area contributed by atoms with Crippen molar-refractivity contribution in [2.45, 2.75) is 25.6 Å². The summed E-state index contributed by atoms with van der Waals surface area (Å²) in [5.41, 5.74) is 2.90. The van der Waals surface area contributed by atoms with E-state index in [0.717, 1.165) is 25.9 Å². The molecule has 0 saturated carbocycles. The summed E-state index contributed by atoms with van der Waals surface area (Å²) in [5.74, 6) is 0. The molecule has 3 nitrogen and oxygen atoms in total. The molecule has 1 aliphatic heterocycles. The molecule has 6 heteroatoms. The molecule has 1 N–H and O–H groups in total. The third-order valence-electron chi connectivity index (χ3n) is 2.06. The average Bonchev–Trinajstić information content (AvgIpc) is 2.13. The van der Waals surface area contributed by atoms with Gasteiger partial charge < -0.3 is 0 Å². The Balaban J connectivity index is 1.97. The van der Waals surface area contributed by atoms with Crippen LogP contribution in [0.25, 0.3) is 0 Å². The monoisotopic (exact) mass is 212 g/mol. The molecule has 1 rings (SSSR count). The van der Waals surface area contributed by atoms with Crippen LogP contribution in [0.15, 0.2) is 0 Å². The Morgan fingerprint density at radius 1 is 1.14 bits per heavy atom. The molecule has 1 saturated heterocycles. The van der Waals surface area contributed by atoms with Crippen molar-refractivity contribution in [2.75, 3.05) is 26.2 Å². The van der Waals surface area contributed by atoms with Crippen LogP contribution >= 0.6 is 0 Å². The summed E-state index contributed by atoms with van der Waals surface area (Å²) < 4.78 is 38.3. The van der Waals surface area contributed by atoms with Gasteiger partial charge in [0.25, 0.3) is 0 Å². The molecule has 0 aromatic heterocycles. The van der Waals surface area contributed by atoms with Crippen LogP contribution in [-0.4, -0.2) is 37.6 Å². The Morgan fingerprint density at radius 2 is 1.79 bits per heavy atom. The summed E-state index contributed by atoms with van der Waals surface area (Å²) >= 11 is 0. The van der Waals surface area contributed by atoms with Crippen molar-refractivity contribution in [2.24, 2.45) is 0 Å². The van der Waals surface area contributed by atoms with E-state index in [0.29, 0.717) is 0 Å². The molecular weight excluding hydrogens is 197 g/mol. The van der Waals surface area contributed by atoms with Crippen LogP contribution in [0.5, 0.6) is 0 Å². The van der Waals surface area contributed by atoms with Crippen LogP contribution in [0, 0.1) is 0 Å². The van der Waals surface area contributed by atoms with Gasteiger partial charge in [0.2, 0.25) is 0 Å². The van der Waals surface area contributed by atoms with E-state index in [1.807, 2.05) is 5.01 Å². The number of nitrogens with one attached hydrogen (secondary N) is 1. The highest BCUT2D eigenvalue weighted by molar-refractivity contribution is 4.60. The molecule has 0 bridgehead atoms. The molecule has 0 amide bonds. The molecule has 0 radical (unpaired) electrons. The minimum atomic E-state index is -4.51. The number of alkyl halides is 3. The molecule has 1 aliphatic rings.